The Morgan fingerprint density at radius 3 is 1.31 bits per heavy atom. The molecule has 45 heavy (non-hydrogen) atoms. The third kappa shape index (κ3) is 33.5. The van der Waals surface area contributed by atoms with Crippen molar-refractivity contribution < 1.29 is 15.0 Å². The van der Waals surface area contributed by atoms with E-state index in [4.69, 9.17) is 0 Å². The van der Waals surface area contributed by atoms with Crippen molar-refractivity contribution in [3.05, 3.63) is 48.6 Å². The summed E-state index contributed by atoms with van der Waals surface area (Å²) in [7, 11) is 0. The van der Waals surface area contributed by atoms with E-state index in [1.54, 1.807) is 6.08 Å². The largest absolute Gasteiger partial charge is 0.394 e. The average Bonchev–Trinajstić information content (AvgIpc) is 3.04. The summed E-state index contributed by atoms with van der Waals surface area (Å²) < 4.78 is 0. The van der Waals surface area contributed by atoms with E-state index in [1.165, 1.54) is 128 Å². The minimum Gasteiger partial charge on any atom is -0.394 e. The van der Waals surface area contributed by atoms with Crippen molar-refractivity contribution >= 4 is 5.91 Å². The van der Waals surface area contributed by atoms with Gasteiger partial charge in [0.05, 0.1) is 18.8 Å². The second-order valence-corrected chi connectivity index (χ2v) is 13.0. The van der Waals surface area contributed by atoms with Crippen LogP contribution >= 0.6 is 0 Å². The Morgan fingerprint density at radius 1 is 0.511 bits per heavy atom. The number of hydrogen-bond donors (Lipinski definition) is 3. The minimum atomic E-state index is -0.869. The van der Waals surface area contributed by atoms with Gasteiger partial charge in [-0.2, -0.15) is 0 Å². The zero-order valence-corrected chi connectivity index (χ0v) is 29.9. The smallest absolute Gasteiger partial charge is 0.220 e. The zero-order valence-electron chi connectivity index (χ0n) is 29.9. The summed E-state index contributed by atoms with van der Waals surface area (Å²) in [6.45, 7) is 4.25. The van der Waals surface area contributed by atoms with E-state index in [2.05, 4.69) is 55.6 Å². The number of carbonyl (C=O) groups excluding carboxylic acids is 1. The molecule has 1 amide bonds. The van der Waals surface area contributed by atoms with Crippen LogP contribution in [0.15, 0.2) is 48.6 Å². The van der Waals surface area contributed by atoms with E-state index in [-0.39, 0.29) is 12.5 Å². The summed E-state index contributed by atoms with van der Waals surface area (Å²) >= 11 is 0. The van der Waals surface area contributed by atoms with Crippen molar-refractivity contribution in [1.82, 2.24) is 5.32 Å². The lowest BCUT2D eigenvalue weighted by atomic mass is 10.0. The predicted molar refractivity (Wildman–Crippen MR) is 198 cm³/mol. The van der Waals surface area contributed by atoms with Crippen molar-refractivity contribution in [1.29, 1.82) is 0 Å². The molecule has 0 rings (SSSR count). The summed E-state index contributed by atoms with van der Waals surface area (Å²) in [6, 6.07) is -0.645. The van der Waals surface area contributed by atoms with Gasteiger partial charge in [0.1, 0.15) is 0 Å². The van der Waals surface area contributed by atoms with Gasteiger partial charge in [-0.15, -0.1) is 0 Å². The summed E-state index contributed by atoms with van der Waals surface area (Å²) in [4.78, 5) is 12.3. The number of rotatable bonds is 34. The maximum absolute atomic E-state index is 12.3. The van der Waals surface area contributed by atoms with Crippen LogP contribution in [0.2, 0.25) is 0 Å². The van der Waals surface area contributed by atoms with E-state index in [0.717, 1.165) is 38.5 Å². The molecule has 2 unspecified atom stereocenters. The quantitative estimate of drug-likeness (QED) is 0.0490. The van der Waals surface area contributed by atoms with E-state index >= 15 is 0 Å². The highest BCUT2D eigenvalue weighted by molar-refractivity contribution is 5.76. The number of nitrogens with one attached hydrogen (secondary N) is 1. The molecule has 262 valence electrons. The van der Waals surface area contributed by atoms with Crippen LogP contribution in [0.1, 0.15) is 187 Å². The first-order valence-corrected chi connectivity index (χ1v) is 19.4. The van der Waals surface area contributed by atoms with E-state index in [9.17, 15) is 15.0 Å². The van der Waals surface area contributed by atoms with Gasteiger partial charge in [-0.3, -0.25) is 4.79 Å². The molecule has 3 N–H and O–H groups in total. The Kier molecular flexibility index (Phi) is 35.5. The molecule has 0 heterocycles. The van der Waals surface area contributed by atoms with Gasteiger partial charge in [0.2, 0.25) is 5.91 Å². The molecule has 0 saturated heterocycles. The zero-order chi connectivity index (χ0) is 32.9. The van der Waals surface area contributed by atoms with Crippen molar-refractivity contribution in [3.8, 4) is 0 Å². The van der Waals surface area contributed by atoms with Crippen LogP contribution < -0.4 is 5.32 Å². The first-order chi connectivity index (χ1) is 22.2. The first kappa shape index (κ1) is 43.4. The molecule has 4 nitrogen and oxygen atoms in total. The van der Waals surface area contributed by atoms with Crippen LogP contribution in [0.3, 0.4) is 0 Å². The summed E-state index contributed by atoms with van der Waals surface area (Å²) in [6.07, 6.45) is 49.1. The molecule has 0 radical (unpaired) electrons. The topological polar surface area (TPSA) is 69.6 Å². The fourth-order valence-corrected chi connectivity index (χ4v) is 5.50. The van der Waals surface area contributed by atoms with Crippen molar-refractivity contribution in [2.45, 2.75) is 199 Å². The van der Waals surface area contributed by atoms with Crippen LogP contribution in [0.25, 0.3) is 0 Å². The van der Waals surface area contributed by atoms with Gasteiger partial charge in [-0.05, 0) is 70.6 Å². The Balaban J connectivity index is 3.66. The normalized spacial score (nSPS) is 13.6. The minimum absolute atomic E-state index is 0.0829. The van der Waals surface area contributed by atoms with Crippen LogP contribution in [0.5, 0.6) is 0 Å². The van der Waals surface area contributed by atoms with E-state index < -0.39 is 12.1 Å². The summed E-state index contributed by atoms with van der Waals surface area (Å²) in [5.74, 6) is -0.0829. The maximum Gasteiger partial charge on any atom is 0.220 e. The lowest BCUT2D eigenvalue weighted by molar-refractivity contribution is -0.123. The number of aliphatic hydroxyl groups excluding tert-OH is 2. The molecule has 0 spiro atoms. The summed E-state index contributed by atoms with van der Waals surface area (Å²) in [5, 5.41) is 22.9. The SMILES string of the molecule is CCCCCC/C=C/CC/C=C/CC/C=C/C(O)C(CO)NC(=O)CCCCCCCCCCC/C=C\CCCCCCCC. The Hall–Kier alpha value is -1.65. The highest BCUT2D eigenvalue weighted by atomic mass is 16.3. The molecule has 0 fully saturated rings. The lowest BCUT2D eigenvalue weighted by Gasteiger charge is -2.19. The molecule has 0 aliphatic carbocycles. The Bertz CT molecular complexity index is 726. The van der Waals surface area contributed by atoms with Gasteiger partial charge >= 0.3 is 0 Å². The number of allylic oxidation sites excluding steroid dienone is 7. The number of unbranched alkanes of at least 4 members (excludes halogenated alkanes) is 21. The molecule has 0 aromatic rings. The van der Waals surface area contributed by atoms with Crippen molar-refractivity contribution in [2.24, 2.45) is 0 Å². The van der Waals surface area contributed by atoms with Gasteiger partial charge in [0.25, 0.3) is 0 Å². The average molecular weight is 630 g/mol. The number of hydrogen-bond acceptors (Lipinski definition) is 3. The van der Waals surface area contributed by atoms with Gasteiger partial charge in [-0.1, -0.05) is 159 Å². The van der Waals surface area contributed by atoms with E-state index in [0.29, 0.717) is 6.42 Å². The van der Waals surface area contributed by atoms with Crippen LogP contribution in [0.4, 0.5) is 0 Å². The molecule has 0 saturated carbocycles. The highest BCUT2D eigenvalue weighted by Gasteiger charge is 2.17. The molecule has 0 aromatic heterocycles. The standard InChI is InChI=1S/C41H75NO3/c1-3-5-7-9-11-13-15-17-19-20-21-22-23-25-27-29-31-33-35-37-41(45)42-39(38-43)40(44)36-34-32-30-28-26-24-18-16-14-12-10-8-6-4-2/h14,16-17,19,26,28,34,36,39-40,43-44H,3-13,15,18,20-25,27,29-33,35,37-38H2,1-2H3,(H,42,45)/b16-14+,19-17-,28-26+,36-34+. The fourth-order valence-electron chi connectivity index (χ4n) is 5.50. The van der Waals surface area contributed by atoms with Gasteiger partial charge < -0.3 is 15.5 Å². The van der Waals surface area contributed by atoms with Crippen LogP contribution in [-0.4, -0.2) is 34.9 Å². The first-order valence-electron chi connectivity index (χ1n) is 19.4. The highest BCUT2D eigenvalue weighted by Crippen LogP contribution is 2.13. The number of amides is 1. The van der Waals surface area contributed by atoms with Gasteiger partial charge in [0, 0.05) is 6.42 Å². The molecule has 2 atom stereocenters. The molecule has 0 bridgehead atoms. The van der Waals surface area contributed by atoms with Gasteiger partial charge in [0.15, 0.2) is 0 Å². The molecule has 0 aromatic carbocycles. The molecule has 0 aliphatic rings. The lowest BCUT2D eigenvalue weighted by Crippen LogP contribution is -2.45. The molecule has 4 heteroatoms. The van der Waals surface area contributed by atoms with Crippen molar-refractivity contribution in [3.63, 3.8) is 0 Å². The fraction of sp³-hybridized carbons (Fsp3) is 0.780. The third-order valence-corrected chi connectivity index (χ3v) is 8.51. The second-order valence-electron chi connectivity index (χ2n) is 13.0. The molecule has 0 aliphatic heterocycles. The summed E-state index contributed by atoms with van der Waals surface area (Å²) in [5.41, 5.74) is 0. The Morgan fingerprint density at radius 2 is 0.867 bits per heavy atom. The van der Waals surface area contributed by atoms with E-state index in [1.807, 2.05) is 6.08 Å². The monoisotopic (exact) mass is 630 g/mol. The molecular formula is C41H75NO3. The maximum atomic E-state index is 12.3. The predicted octanol–water partition coefficient (Wildman–Crippen LogP) is 11.6. The van der Waals surface area contributed by atoms with Crippen molar-refractivity contribution in [2.75, 3.05) is 6.61 Å². The second kappa shape index (κ2) is 36.8. The third-order valence-electron chi connectivity index (χ3n) is 8.51. The van der Waals surface area contributed by atoms with Crippen LogP contribution in [0, 0.1) is 0 Å². The van der Waals surface area contributed by atoms with Crippen LogP contribution in [-0.2, 0) is 4.79 Å². The number of carbonyl (C=O) groups is 1. The Labute approximate surface area is 280 Å². The number of aliphatic hydroxyl groups is 2. The van der Waals surface area contributed by atoms with Gasteiger partial charge in [-0.25, -0.2) is 0 Å². The molecular weight excluding hydrogens is 554 g/mol.